The lowest BCUT2D eigenvalue weighted by Gasteiger charge is -2.31. The number of quaternary nitrogens is 1. The maximum Gasteiger partial charge on any atom is 0.281 e. The first-order valence-electron chi connectivity index (χ1n) is 8.10. The van der Waals surface area contributed by atoms with Crippen molar-refractivity contribution in [1.82, 2.24) is 4.98 Å². The number of ether oxygens (including phenoxy) is 1. The summed E-state index contributed by atoms with van der Waals surface area (Å²) in [6, 6.07) is 3.61. The number of rotatable bonds is 4. The van der Waals surface area contributed by atoms with Gasteiger partial charge in [0.15, 0.2) is 23.3 Å². The number of carbonyl (C=O) groups is 1. The third kappa shape index (κ3) is 4.59. The van der Waals surface area contributed by atoms with E-state index in [1.54, 1.807) is 5.38 Å². The maximum absolute atomic E-state index is 13.3. The molecule has 1 saturated heterocycles. The highest BCUT2D eigenvalue weighted by molar-refractivity contribution is 7.14. The van der Waals surface area contributed by atoms with Crippen molar-refractivity contribution in [3.63, 3.8) is 0 Å². The van der Waals surface area contributed by atoms with Crippen molar-refractivity contribution < 1.29 is 23.2 Å². The largest absolute Gasteiger partial charge is 0.364 e. The summed E-state index contributed by atoms with van der Waals surface area (Å²) in [6.07, 6.45) is 0.262. The van der Waals surface area contributed by atoms with Gasteiger partial charge in [0.05, 0.1) is 5.69 Å². The average Bonchev–Trinajstić information content (AvgIpc) is 2.97. The molecule has 1 aliphatic heterocycles. The monoisotopic (exact) mass is 368 g/mol. The van der Waals surface area contributed by atoms with Crippen molar-refractivity contribution >= 4 is 22.4 Å². The zero-order valence-electron chi connectivity index (χ0n) is 14.0. The van der Waals surface area contributed by atoms with Gasteiger partial charge in [0.1, 0.15) is 25.3 Å². The van der Waals surface area contributed by atoms with Crippen molar-refractivity contribution in [2.75, 3.05) is 25.0 Å². The van der Waals surface area contributed by atoms with Gasteiger partial charge in [0.2, 0.25) is 0 Å². The van der Waals surface area contributed by atoms with E-state index in [4.69, 9.17) is 4.74 Å². The van der Waals surface area contributed by atoms with E-state index < -0.39 is 11.6 Å². The number of hydrogen-bond acceptors (Lipinski definition) is 4. The number of carbonyl (C=O) groups excluding carboxylic acids is 1. The lowest BCUT2D eigenvalue weighted by atomic mass is 10.2. The summed E-state index contributed by atoms with van der Waals surface area (Å²) in [7, 11) is 0. The molecule has 1 unspecified atom stereocenters. The summed E-state index contributed by atoms with van der Waals surface area (Å²) in [4.78, 5) is 17.7. The van der Waals surface area contributed by atoms with Crippen molar-refractivity contribution in [3.05, 3.63) is 35.2 Å². The molecule has 0 radical (unpaired) electrons. The summed E-state index contributed by atoms with van der Waals surface area (Å²) >= 11 is 1.25. The van der Waals surface area contributed by atoms with Crippen LogP contribution in [0.3, 0.4) is 0 Å². The molecule has 0 spiro atoms. The SMILES string of the molecule is C[C@@H]1C[NH+](CC(=O)Nc2nc(-c3ccc(F)c(F)c3)cs2)C[C@H](C)O1. The molecule has 3 rings (SSSR count). The van der Waals surface area contributed by atoms with Crippen molar-refractivity contribution in [2.45, 2.75) is 26.1 Å². The van der Waals surface area contributed by atoms with Gasteiger partial charge >= 0.3 is 0 Å². The number of anilines is 1. The minimum atomic E-state index is -0.921. The summed E-state index contributed by atoms with van der Waals surface area (Å²) < 4.78 is 32.0. The molecule has 1 aromatic heterocycles. The Bertz CT molecular complexity index is 758. The van der Waals surface area contributed by atoms with E-state index in [1.807, 2.05) is 13.8 Å². The Morgan fingerprint density at radius 1 is 1.32 bits per heavy atom. The Morgan fingerprint density at radius 3 is 2.72 bits per heavy atom. The Hall–Kier alpha value is -1.90. The number of thiazole rings is 1. The second-order valence-electron chi connectivity index (χ2n) is 6.31. The molecule has 5 nitrogen and oxygen atoms in total. The average molecular weight is 368 g/mol. The third-order valence-electron chi connectivity index (χ3n) is 3.99. The van der Waals surface area contributed by atoms with Gasteiger partial charge in [-0.15, -0.1) is 11.3 Å². The normalized spacial score (nSPS) is 23.4. The predicted octanol–water partition coefficient (Wildman–Crippen LogP) is 1.72. The lowest BCUT2D eigenvalue weighted by Crippen LogP contribution is -3.16. The van der Waals surface area contributed by atoms with Gasteiger partial charge in [-0.1, -0.05) is 0 Å². The quantitative estimate of drug-likeness (QED) is 0.864. The van der Waals surface area contributed by atoms with E-state index in [1.165, 1.54) is 22.3 Å². The fraction of sp³-hybridized carbons (Fsp3) is 0.412. The first kappa shape index (κ1) is 17.9. The number of nitrogens with zero attached hydrogens (tertiary/aromatic N) is 1. The molecule has 25 heavy (non-hydrogen) atoms. The highest BCUT2D eigenvalue weighted by Crippen LogP contribution is 2.25. The van der Waals surface area contributed by atoms with Crippen LogP contribution in [0.15, 0.2) is 23.6 Å². The van der Waals surface area contributed by atoms with Crippen LogP contribution in [0.2, 0.25) is 0 Å². The van der Waals surface area contributed by atoms with Crippen LogP contribution in [0.5, 0.6) is 0 Å². The van der Waals surface area contributed by atoms with Gasteiger partial charge in [-0.25, -0.2) is 13.8 Å². The minimum Gasteiger partial charge on any atom is -0.364 e. The van der Waals surface area contributed by atoms with Crippen LogP contribution in [-0.2, 0) is 9.53 Å². The fourth-order valence-corrected chi connectivity index (χ4v) is 3.78. The number of halogens is 2. The summed E-state index contributed by atoms with van der Waals surface area (Å²) in [5, 5.41) is 4.92. The Labute approximate surface area is 148 Å². The van der Waals surface area contributed by atoms with E-state index in [2.05, 4.69) is 10.3 Å². The van der Waals surface area contributed by atoms with Gasteiger partial charge in [0, 0.05) is 10.9 Å². The van der Waals surface area contributed by atoms with Crippen molar-refractivity contribution in [3.8, 4) is 11.3 Å². The molecule has 0 bridgehead atoms. The molecule has 1 aliphatic rings. The van der Waals surface area contributed by atoms with E-state index in [0.717, 1.165) is 25.2 Å². The van der Waals surface area contributed by atoms with E-state index in [-0.39, 0.29) is 18.1 Å². The van der Waals surface area contributed by atoms with Crippen molar-refractivity contribution in [2.24, 2.45) is 0 Å². The van der Waals surface area contributed by atoms with Gasteiger partial charge in [-0.2, -0.15) is 0 Å². The van der Waals surface area contributed by atoms with E-state index in [9.17, 15) is 13.6 Å². The number of benzene rings is 1. The smallest absolute Gasteiger partial charge is 0.281 e. The van der Waals surface area contributed by atoms with Gasteiger partial charge in [0.25, 0.3) is 5.91 Å². The molecule has 2 heterocycles. The minimum absolute atomic E-state index is 0.123. The lowest BCUT2D eigenvalue weighted by molar-refractivity contribution is -0.907. The first-order valence-corrected chi connectivity index (χ1v) is 8.98. The zero-order chi connectivity index (χ0) is 18.0. The Balaban J connectivity index is 1.61. The summed E-state index contributed by atoms with van der Waals surface area (Å²) in [5.41, 5.74) is 0.970. The van der Waals surface area contributed by atoms with Crippen LogP contribution in [0.1, 0.15) is 13.8 Å². The van der Waals surface area contributed by atoms with E-state index >= 15 is 0 Å². The Kier molecular flexibility index (Phi) is 5.41. The molecular weight excluding hydrogens is 348 g/mol. The predicted molar refractivity (Wildman–Crippen MR) is 91.7 cm³/mol. The fourth-order valence-electron chi connectivity index (χ4n) is 3.04. The standard InChI is InChI=1S/C17H19F2N3O2S/c1-10-6-22(7-11(2)24-10)8-16(23)21-17-20-15(9-25-17)12-3-4-13(18)14(19)5-12/h3-5,9-11H,6-8H2,1-2H3,(H,20,21,23)/p+1/t10-,11+. The maximum atomic E-state index is 13.3. The molecule has 0 aliphatic carbocycles. The number of aromatic nitrogens is 1. The topological polar surface area (TPSA) is 55.7 Å². The molecule has 134 valence electrons. The van der Waals surface area contributed by atoms with Crippen LogP contribution >= 0.6 is 11.3 Å². The summed E-state index contributed by atoms with van der Waals surface area (Å²) in [5.74, 6) is -1.94. The number of morpholine rings is 1. The molecule has 0 saturated carbocycles. The van der Waals surface area contributed by atoms with Crippen LogP contribution in [0.4, 0.5) is 13.9 Å². The second kappa shape index (κ2) is 7.55. The van der Waals surface area contributed by atoms with Crippen molar-refractivity contribution in [1.29, 1.82) is 0 Å². The van der Waals surface area contributed by atoms with Crippen LogP contribution in [0.25, 0.3) is 11.3 Å². The molecular formula is C17H20F2N3O2S+. The van der Waals surface area contributed by atoms with Gasteiger partial charge in [-0.3, -0.25) is 10.1 Å². The molecule has 8 heteroatoms. The molecule has 2 aromatic rings. The second-order valence-corrected chi connectivity index (χ2v) is 7.17. The number of hydrogen-bond donors (Lipinski definition) is 2. The first-order chi connectivity index (χ1) is 11.9. The Morgan fingerprint density at radius 2 is 2.04 bits per heavy atom. The molecule has 1 fully saturated rings. The highest BCUT2D eigenvalue weighted by atomic mass is 32.1. The van der Waals surface area contributed by atoms with Crippen LogP contribution in [-0.4, -0.2) is 42.7 Å². The molecule has 3 atom stereocenters. The molecule has 1 aromatic carbocycles. The summed E-state index contributed by atoms with van der Waals surface area (Å²) in [6.45, 7) is 5.93. The number of amides is 1. The molecule has 1 amide bonds. The van der Waals surface area contributed by atoms with Crippen LogP contribution in [0, 0.1) is 11.6 Å². The van der Waals surface area contributed by atoms with Gasteiger partial charge in [-0.05, 0) is 32.0 Å². The van der Waals surface area contributed by atoms with Gasteiger partial charge < -0.3 is 9.64 Å². The molecule has 2 N–H and O–H groups in total. The third-order valence-corrected chi connectivity index (χ3v) is 4.75. The number of nitrogens with one attached hydrogen (secondary N) is 2. The van der Waals surface area contributed by atoms with E-state index in [0.29, 0.717) is 22.9 Å². The van der Waals surface area contributed by atoms with Crippen LogP contribution < -0.4 is 10.2 Å². The zero-order valence-corrected chi connectivity index (χ0v) is 14.8. The highest BCUT2D eigenvalue weighted by Gasteiger charge is 2.27.